The third-order valence-corrected chi connectivity index (χ3v) is 4.28. The smallest absolute Gasteiger partial charge is 0.119 e. The van der Waals surface area contributed by atoms with Crippen molar-refractivity contribution in [2.45, 2.75) is 25.4 Å². The molecule has 0 bridgehead atoms. The standard InChI is InChI=1S/C19H24N2O.ClH/c1-2-22-17-10-6-7-15(11-17)12-21-13-18(19(20)14-21)16-8-4-3-5-9-16;/h3-11,18-19H,2,12-14,20H2,1H3;1H/t18-,19+;/m0./s1. The van der Waals surface area contributed by atoms with E-state index >= 15 is 0 Å². The Labute approximate surface area is 144 Å². The Bertz CT molecular complexity index is 605. The van der Waals surface area contributed by atoms with E-state index in [-0.39, 0.29) is 18.4 Å². The van der Waals surface area contributed by atoms with Gasteiger partial charge < -0.3 is 10.5 Å². The summed E-state index contributed by atoms with van der Waals surface area (Å²) in [6.45, 7) is 5.60. The van der Waals surface area contributed by atoms with Crippen LogP contribution < -0.4 is 10.5 Å². The van der Waals surface area contributed by atoms with Crippen molar-refractivity contribution in [1.29, 1.82) is 0 Å². The molecule has 23 heavy (non-hydrogen) atoms. The SMILES string of the molecule is CCOc1cccc(CN2C[C@@H](N)[C@H](c3ccccc3)C2)c1.Cl. The average molecular weight is 333 g/mol. The molecule has 4 heteroatoms. The van der Waals surface area contributed by atoms with E-state index in [9.17, 15) is 0 Å². The molecule has 2 aromatic rings. The quantitative estimate of drug-likeness (QED) is 0.911. The number of likely N-dealkylation sites (tertiary alicyclic amines) is 1. The number of hydrogen-bond donors (Lipinski definition) is 1. The lowest BCUT2D eigenvalue weighted by Crippen LogP contribution is -2.28. The Balaban J connectivity index is 0.00000192. The van der Waals surface area contributed by atoms with Gasteiger partial charge in [0.25, 0.3) is 0 Å². The van der Waals surface area contributed by atoms with Gasteiger partial charge in [0.05, 0.1) is 6.61 Å². The molecular weight excluding hydrogens is 308 g/mol. The Morgan fingerprint density at radius 1 is 1.09 bits per heavy atom. The van der Waals surface area contributed by atoms with Crippen LogP contribution in [-0.2, 0) is 6.54 Å². The molecule has 124 valence electrons. The lowest BCUT2D eigenvalue weighted by Gasteiger charge is -2.16. The summed E-state index contributed by atoms with van der Waals surface area (Å²) in [5.74, 6) is 1.37. The van der Waals surface area contributed by atoms with Crippen molar-refractivity contribution in [3.63, 3.8) is 0 Å². The van der Waals surface area contributed by atoms with Gasteiger partial charge in [0.1, 0.15) is 5.75 Å². The normalized spacial score (nSPS) is 21.0. The van der Waals surface area contributed by atoms with Crippen molar-refractivity contribution in [2.75, 3.05) is 19.7 Å². The molecular formula is C19H25ClN2O. The fraction of sp³-hybridized carbons (Fsp3) is 0.368. The minimum Gasteiger partial charge on any atom is -0.494 e. The van der Waals surface area contributed by atoms with Gasteiger partial charge in [-0.2, -0.15) is 0 Å². The van der Waals surface area contributed by atoms with Crippen molar-refractivity contribution in [3.05, 3.63) is 65.7 Å². The zero-order valence-corrected chi connectivity index (χ0v) is 14.3. The van der Waals surface area contributed by atoms with E-state index in [1.807, 2.05) is 13.0 Å². The van der Waals surface area contributed by atoms with Gasteiger partial charge in [-0.05, 0) is 30.2 Å². The Kier molecular flexibility index (Phi) is 6.46. The van der Waals surface area contributed by atoms with Crippen molar-refractivity contribution >= 4 is 12.4 Å². The fourth-order valence-corrected chi connectivity index (χ4v) is 3.25. The van der Waals surface area contributed by atoms with E-state index in [4.69, 9.17) is 10.5 Å². The van der Waals surface area contributed by atoms with E-state index in [1.54, 1.807) is 0 Å². The maximum Gasteiger partial charge on any atom is 0.119 e. The van der Waals surface area contributed by atoms with Crippen molar-refractivity contribution < 1.29 is 4.74 Å². The Morgan fingerprint density at radius 3 is 2.61 bits per heavy atom. The second kappa shape index (κ2) is 8.34. The van der Waals surface area contributed by atoms with Crippen LogP contribution in [0.3, 0.4) is 0 Å². The summed E-state index contributed by atoms with van der Waals surface area (Å²) in [4.78, 5) is 2.44. The molecule has 0 aromatic heterocycles. The lowest BCUT2D eigenvalue weighted by molar-refractivity contribution is 0.319. The minimum atomic E-state index is 0. The number of halogens is 1. The first-order chi connectivity index (χ1) is 10.8. The Morgan fingerprint density at radius 2 is 1.87 bits per heavy atom. The van der Waals surface area contributed by atoms with E-state index in [0.29, 0.717) is 12.5 Å². The van der Waals surface area contributed by atoms with Crippen LogP contribution in [0, 0.1) is 0 Å². The molecule has 0 saturated carbocycles. The summed E-state index contributed by atoms with van der Waals surface area (Å²) in [5.41, 5.74) is 9.00. The van der Waals surface area contributed by atoms with Crippen LogP contribution in [0.25, 0.3) is 0 Å². The zero-order chi connectivity index (χ0) is 15.4. The first kappa shape index (κ1) is 17.8. The first-order valence-electron chi connectivity index (χ1n) is 8.01. The zero-order valence-electron chi connectivity index (χ0n) is 13.5. The van der Waals surface area contributed by atoms with E-state index in [2.05, 4.69) is 53.4 Å². The fourth-order valence-electron chi connectivity index (χ4n) is 3.25. The molecule has 3 nitrogen and oxygen atoms in total. The van der Waals surface area contributed by atoms with Gasteiger partial charge in [0, 0.05) is 31.6 Å². The highest BCUT2D eigenvalue weighted by Crippen LogP contribution is 2.27. The highest BCUT2D eigenvalue weighted by molar-refractivity contribution is 5.85. The van der Waals surface area contributed by atoms with Crippen LogP contribution in [0.2, 0.25) is 0 Å². The summed E-state index contributed by atoms with van der Waals surface area (Å²) >= 11 is 0. The van der Waals surface area contributed by atoms with E-state index in [1.165, 1.54) is 11.1 Å². The molecule has 1 aliphatic heterocycles. The number of nitrogens with two attached hydrogens (primary N) is 1. The molecule has 1 aliphatic rings. The van der Waals surface area contributed by atoms with Gasteiger partial charge in [0.15, 0.2) is 0 Å². The molecule has 0 spiro atoms. The van der Waals surface area contributed by atoms with Crippen molar-refractivity contribution in [1.82, 2.24) is 4.90 Å². The largest absolute Gasteiger partial charge is 0.494 e. The molecule has 0 radical (unpaired) electrons. The summed E-state index contributed by atoms with van der Waals surface area (Å²) in [5, 5.41) is 0. The topological polar surface area (TPSA) is 38.5 Å². The monoisotopic (exact) mass is 332 g/mol. The minimum absolute atomic E-state index is 0. The predicted molar refractivity (Wildman–Crippen MR) is 97.3 cm³/mol. The lowest BCUT2D eigenvalue weighted by atomic mass is 9.95. The summed E-state index contributed by atoms with van der Waals surface area (Å²) in [6, 6.07) is 19.2. The highest BCUT2D eigenvalue weighted by atomic mass is 35.5. The number of benzene rings is 2. The van der Waals surface area contributed by atoms with Crippen LogP contribution in [0.5, 0.6) is 5.75 Å². The van der Waals surface area contributed by atoms with E-state index in [0.717, 1.165) is 25.4 Å². The number of rotatable bonds is 5. The molecule has 3 rings (SSSR count). The molecule has 1 fully saturated rings. The molecule has 0 amide bonds. The first-order valence-corrected chi connectivity index (χ1v) is 8.01. The average Bonchev–Trinajstić information content (AvgIpc) is 2.89. The van der Waals surface area contributed by atoms with Gasteiger partial charge in [-0.3, -0.25) is 4.90 Å². The van der Waals surface area contributed by atoms with Crippen LogP contribution in [-0.4, -0.2) is 30.6 Å². The third-order valence-electron chi connectivity index (χ3n) is 4.28. The van der Waals surface area contributed by atoms with Gasteiger partial charge >= 0.3 is 0 Å². The number of nitrogens with zero attached hydrogens (tertiary/aromatic N) is 1. The van der Waals surface area contributed by atoms with Gasteiger partial charge in [-0.25, -0.2) is 0 Å². The number of ether oxygens (including phenoxy) is 1. The summed E-state index contributed by atoms with van der Waals surface area (Å²) in [6.07, 6.45) is 0. The summed E-state index contributed by atoms with van der Waals surface area (Å²) < 4.78 is 5.58. The molecule has 2 atom stereocenters. The van der Waals surface area contributed by atoms with Gasteiger partial charge in [-0.15, -0.1) is 12.4 Å². The van der Waals surface area contributed by atoms with Crippen LogP contribution in [0.4, 0.5) is 0 Å². The third kappa shape index (κ3) is 4.47. The van der Waals surface area contributed by atoms with Crippen LogP contribution in [0.1, 0.15) is 24.0 Å². The summed E-state index contributed by atoms with van der Waals surface area (Å²) in [7, 11) is 0. The molecule has 0 unspecified atom stereocenters. The highest BCUT2D eigenvalue weighted by Gasteiger charge is 2.30. The predicted octanol–water partition coefficient (Wildman–Crippen LogP) is 3.43. The van der Waals surface area contributed by atoms with Gasteiger partial charge in [-0.1, -0.05) is 42.5 Å². The molecule has 0 aliphatic carbocycles. The Hall–Kier alpha value is -1.55. The van der Waals surface area contributed by atoms with Crippen molar-refractivity contribution in [2.24, 2.45) is 5.73 Å². The maximum absolute atomic E-state index is 6.37. The van der Waals surface area contributed by atoms with Crippen LogP contribution >= 0.6 is 12.4 Å². The second-order valence-corrected chi connectivity index (χ2v) is 5.96. The van der Waals surface area contributed by atoms with Crippen LogP contribution in [0.15, 0.2) is 54.6 Å². The maximum atomic E-state index is 6.37. The molecule has 1 saturated heterocycles. The van der Waals surface area contributed by atoms with E-state index < -0.39 is 0 Å². The molecule has 1 heterocycles. The molecule has 2 aromatic carbocycles. The van der Waals surface area contributed by atoms with Gasteiger partial charge in [0.2, 0.25) is 0 Å². The number of hydrogen-bond acceptors (Lipinski definition) is 3. The molecule has 2 N–H and O–H groups in total. The van der Waals surface area contributed by atoms with Crippen molar-refractivity contribution in [3.8, 4) is 5.75 Å². The second-order valence-electron chi connectivity index (χ2n) is 5.96.